The first-order valence-electron chi connectivity index (χ1n) is 11.2. The molecule has 200 valence electrons. The lowest BCUT2D eigenvalue weighted by molar-refractivity contribution is -0.384. The SMILES string of the molecule is COc1cc(/C=C2\SC(=O)N(CC(=O)Nc3ccc(F)cc3)C2=O)c(Br)cc1OCc1ccc([N+](=O)[O-])cc1. The van der Waals surface area contributed by atoms with Gasteiger partial charge in [-0.2, -0.15) is 0 Å². The highest BCUT2D eigenvalue weighted by molar-refractivity contribution is 9.10. The molecule has 39 heavy (non-hydrogen) atoms. The molecule has 0 spiro atoms. The number of imide groups is 1. The Morgan fingerprint density at radius 1 is 1.13 bits per heavy atom. The van der Waals surface area contributed by atoms with Crippen LogP contribution in [0.5, 0.6) is 11.5 Å². The van der Waals surface area contributed by atoms with Crippen LogP contribution in [-0.4, -0.2) is 40.5 Å². The van der Waals surface area contributed by atoms with Crippen LogP contribution in [0.15, 0.2) is 70.0 Å². The summed E-state index contributed by atoms with van der Waals surface area (Å²) < 4.78 is 24.9. The molecule has 0 radical (unpaired) electrons. The molecule has 0 aromatic heterocycles. The number of rotatable bonds is 9. The average molecular weight is 616 g/mol. The fourth-order valence-corrected chi connectivity index (χ4v) is 4.73. The molecule has 3 aromatic rings. The van der Waals surface area contributed by atoms with Crippen molar-refractivity contribution in [3.8, 4) is 11.5 Å². The Morgan fingerprint density at radius 3 is 2.46 bits per heavy atom. The van der Waals surface area contributed by atoms with E-state index in [-0.39, 0.29) is 17.2 Å². The number of hydrogen-bond acceptors (Lipinski definition) is 8. The van der Waals surface area contributed by atoms with Gasteiger partial charge in [0.25, 0.3) is 16.8 Å². The number of non-ortho nitro benzene ring substituents is 1. The maximum absolute atomic E-state index is 13.1. The summed E-state index contributed by atoms with van der Waals surface area (Å²) in [5.74, 6) is -0.975. The molecule has 0 atom stereocenters. The number of hydrogen-bond donors (Lipinski definition) is 1. The topological polar surface area (TPSA) is 128 Å². The monoisotopic (exact) mass is 615 g/mol. The van der Waals surface area contributed by atoms with Crippen LogP contribution in [0.25, 0.3) is 6.08 Å². The third-order valence-electron chi connectivity index (χ3n) is 5.41. The van der Waals surface area contributed by atoms with Gasteiger partial charge >= 0.3 is 0 Å². The highest BCUT2D eigenvalue weighted by atomic mass is 79.9. The van der Waals surface area contributed by atoms with E-state index in [0.717, 1.165) is 4.90 Å². The van der Waals surface area contributed by atoms with E-state index in [0.29, 0.717) is 44.5 Å². The molecule has 1 heterocycles. The predicted octanol–water partition coefficient (Wildman–Crippen LogP) is 5.76. The first-order chi connectivity index (χ1) is 18.6. The van der Waals surface area contributed by atoms with Crippen molar-refractivity contribution in [1.82, 2.24) is 4.90 Å². The molecule has 0 bridgehead atoms. The number of nitro benzene ring substituents is 1. The van der Waals surface area contributed by atoms with E-state index in [2.05, 4.69) is 21.2 Å². The van der Waals surface area contributed by atoms with Crippen molar-refractivity contribution in [1.29, 1.82) is 0 Å². The van der Waals surface area contributed by atoms with Gasteiger partial charge in [0.1, 0.15) is 19.0 Å². The van der Waals surface area contributed by atoms with E-state index in [1.54, 1.807) is 24.3 Å². The molecule has 3 aromatic carbocycles. The average Bonchev–Trinajstić information content (AvgIpc) is 3.17. The minimum absolute atomic E-state index is 0.0265. The molecule has 1 saturated heterocycles. The number of ether oxygens (including phenoxy) is 2. The quantitative estimate of drug-likeness (QED) is 0.183. The van der Waals surface area contributed by atoms with Crippen molar-refractivity contribution < 1.29 is 33.2 Å². The number of nitro groups is 1. The fourth-order valence-electron chi connectivity index (χ4n) is 3.46. The Morgan fingerprint density at radius 2 is 1.82 bits per heavy atom. The number of anilines is 1. The van der Waals surface area contributed by atoms with Gasteiger partial charge in [-0.05, 0) is 77.5 Å². The maximum Gasteiger partial charge on any atom is 0.294 e. The van der Waals surface area contributed by atoms with Crippen LogP contribution in [-0.2, 0) is 16.2 Å². The van der Waals surface area contributed by atoms with Crippen molar-refractivity contribution in [3.63, 3.8) is 0 Å². The van der Waals surface area contributed by atoms with Crippen LogP contribution >= 0.6 is 27.7 Å². The van der Waals surface area contributed by atoms with Gasteiger partial charge in [-0.15, -0.1) is 0 Å². The summed E-state index contributed by atoms with van der Waals surface area (Å²) in [6, 6.07) is 14.3. The molecule has 0 saturated carbocycles. The van der Waals surface area contributed by atoms with Crippen LogP contribution in [0.1, 0.15) is 11.1 Å². The number of thioether (sulfide) groups is 1. The van der Waals surface area contributed by atoms with Crippen molar-refractivity contribution in [2.24, 2.45) is 0 Å². The van der Waals surface area contributed by atoms with E-state index in [9.17, 15) is 28.9 Å². The zero-order chi connectivity index (χ0) is 28.1. The number of carbonyl (C=O) groups excluding carboxylic acids is 3. The number of methoxy groups -OCH3 is 1. The van der Waals surface area contributed by atoms with Crippen molar-refractivity contribution >= 4 is 62.2 Å². The molecule has 1 fully saturated rings. The van der Waals surface area contributed by atoms with E-state index in [1.807, 2.05) is 0 Å². The second-order valence-electron chi connectivity index (χ2n) is 8.06. The summed E-state index contributed by atoms with van der Waals surface area (Å²) in [6.45, 7) is -0.377. The molecule has 1 aliphatic heterocycles. The van der Waals surface area contributed by atoms with Crippen LogP contribution in [0.4, 0.5) is 20.6 Å². The highest BCUT2D eigenvalue weighted by Crippen LogP contribution is 2.38. The van der Waals surface area contributed by atoms with E-state index in [1.165, 1.54) is 49.6 Å². The van der Waals surface area contributed by atoms with Crippen LogP contribution in [0.3, 0.4) is 0 Å². The molecule has 3 amide bonds. The predicted molar refractivity (Wildman–Crippen MR) is 146 cm³/mol. The minimum Gasteiger partial charge on any atom is -0.493 e. The summed E-state index contributed by atoms with van der Waals surface area (Å²) in [7, 11) is 1.44. The van der Waals surface area contributed by atoms with E-state index >= 15 is 0 Å². The van der Waals surface area contributed by atoms with Crippen LogP contribution < -0.4 is 14.8 Å². The molecule has 13 heteroatoms. The van der Waals surface area contributed by atoms with Crippen LogP contribution in [0.2, 0.25) is 0 Å². The zero-order valence-corrected chi connectivity index (χ0v) is 22.6. The summed E-state index contributed by atoms with van der Waals surface area (Å²) in [4.78, 5) is 49.0. The normalized spacial score (nSPS) is 14.0. The highest BCUT2D eigenvalue weighted by Gasteiger charge is 2.36. The third kappa shape index (κ3) is 6.81. The van der Waals surface area contributed by atoms with E-state index < -0.39 is 34.3 Å². The second-order valence-corrected chi connectivity index (χ2v) is 9.91. The first kappa shape index (κ1) is 27.8. The molecular formula is C26H19BrFN3O7S. The Balaban J connectivity index is 1.45. The Kier molecular flexibility index (Phi) is 8.62. The number of carbonyl (C=O) groups is 3. The zero-order valence-electron chi connectivity index (χ0n) is 20.2. The van der Waals surface area contributed by atoms with Gasteiger partial charge in [0, 0.05) is 22.3 Å². The number of halogens is 2. The molecular weight excluding hydrogens is 597 g/mol. The third-order valence-corrected chi connectivity index (χ3v) is 7.01. The lowest BCUT2D eigenvalue weighted by atomic mass is 10.1. The molecule has 0 unspecified atom stereocenters. The Bertz CT molecular complexity index is 1480. The van der Waals surface area contributed by atoms with Gasteiger partial charge < -0.3 is 14.8 Å². The van der Waals surface area contributed by atoms with Crippen molar-refractivity contribution in [2.75, 3.05) is 19.0 Å². The molecule has 4 rings (SSSR count). The summed E-state index contributed by atoms with van der Waals surface area (Å²) in [6.07, 6.45) is 1.50. The molecule has 10 nitrogen and oxygen atoms in total. The van der Waals surface area contributed by atoms with Crippen LogP contribution in [0, 0.1) is 15.9 Å². The largest absolute Gasteiger partial charge is 0.493 e. The first-order valence-corrected chi connectivity index (χ1v) is 12.8. The smallest absolute Gasteiger partial charge is 0.294 e. The minimum atomic E-state index is -0.636. The number of nitrogens with zero attached hydrogens (tertiary/aromatic N) is 2. The molecule has 1 aliphatic rings. The number of benzene rings is 3. The summed E-state index contributed by atoms with van der Waals surface area (Å²) in [5.41, 5.74) is 1.54. The summed E-state index contributed by atoms with van der Waals surface area (Å²) >= 11 is 4.13. The van der Waals surface area contributed by atoms with Gasteiger partial charge in [0.05, 0.1) is 16.9 Å². The Labute approximate surface area is 234 Å². The maximum atomic E-state index is 13.1. The Hall–Kier alpha value is -4.23. The summed E-state index contributed by atoms with van der Waals surface area (Å²) in [5, 5.41) is 12.7. The van der Waals surface area contributed by atoms with Crippen molar-refractivity contribution in [2.45, 2.75) is 6.61 Å². The van der Waals surface area contributed by atoms with Gasteiger partial charge in [-0.25, -0.2) is 4.39 Å². The molecule has 1 N–H and O–H groups in total. The van der Waals surface area contributed by atoms with Gasteiger partial charge in [-0.1, -0.05) is 15.9 Å². The van der Waals surface area contributed by atoms with Gasteiger partial charge in [0.2, 0.25) is 5.91 Å². The number of amides is 3. The van der Waals surface area contributed by atoms with E-state index in [4.69, 9.17) is 9.47 Å². The lowest BCUT2D eigenvalue weighted by Gasteiger charge is -2.13. The second kappa shape index (κ2) is 12.1. The fraction of sp³-hybridized carbons (Fsp3) is 0.115. The van der Waals surface area contributed by atoms with Gasteiger partial charge in [0.15, 0.2) is 11.5 Å². The van der Waals surface area contributed by atoms with Crippen molar-refractivity contribution in [3.05, 3.63) is 97.1 Å². The number of nitrogens with one attached hydrogen (secondary N) is 1. The standard InChI is InChI=1S/C26H19BrFN3O7S/c1-37-21-10-16(20(27)12-22(21)38-14-15-2-8-19(9-3-15)31(35)36)11-23-25(33)30(26(34)39-23)13-24(32)29-18-6-4-17(28)5-7-18/h2-12H,13-14H2,1H3,(H,29,32)/b23-11-. The molecule has 0 aliphatic carbocycles. The van der Waals surface area contributed by atoms with Gasteiger partial charge in [-0.3, -0.25) is 29.4 Å². The lowest BCUT2D eigenvalue weighted by Crippen LogP contribution is -2.36.